The zero-order chi connectivity index (χ0) is 16.4. The normalized spacial score (nSPS) is 18.8. The summed E-state index contributed by atoms with van der Waals surface area (Å²) in [5, 5.41) is 9.11. The third-order valence-electron chi connectivity index (χ3n) is 4.45. The monoisotopic (exact) mass is 346 g/mol. The molecule has 1 saturated heterocycles. The van der Waals surface area contributed by atoms with Gasteiger partial charge in [-0.2, -0.15) is 9.47 Å². The molecule has 0 spiro atoms. The molecule has 7 nitrogen and oxygen atoms in total. The lowest BCUT2D eigenvalue weighted by molar-refractivity contribution is 0.196. The number of nitrogens with zero attached hydrogens (tertiary/aromatic N) is 6. The van der Waals surface area contributed by atoms with Gasteiger partial charge in [0.2, 0.25) is 11.0 Å². The number of aryl methyl sites for hydroxylation is 1. The van der Waals surface area contributed by atoms with Crippen LogP contribution in [0.5, 0.6) is 5.88 Å². The zero-order valence-corrected chi connectivity index (χ0v) is 14.7. The van der Waals surface area contributed by atoms with Crippen LogP contribution in [-0.2, 0) is 0 Å². The molecule has 2 aliphatic rings. The number of hydrogen-bond acceptors (Lipinski definition) is 8. The van der Waals surface area contributed by atoms with Gasteiger partial charge in [-0.25, -0.2) is 4.98 Å². The van der Waals surface area contributed by atoms with Gasteiger partial charge in [0.1, 0.15) is 12.4 Å². The maximum absolute atomic E-state index is 5.66. The van der Waals surface area contributed by atoms with E-state index in [9.17, 15) is 0 Å². The van der Waals surface area contributed by atoms with Gasteiger partial charge in [-0.3, -0.25) is 4.90 Å². The standard InChI is InChI=1S/C16H22N6OS/c1-12-2-5-14(19-18-12)23-11-10-21-6-8-22(9-7-21)16-17-15(20-24-16)13-3-4-13/h2,5,13H,3-4,6-11H2,1H3. The molecule has 2 aromatic rings. The average Bonchev–Trinajstić information content (AvgIpc) is 3.35. The number of piperazine rings is 1. The molecule has 0 unspecified atom stereocenters. The van der Waals surface area contributed by atoms with Crippen LogP contribution in [0.4, 0.5) is 5.13 Å². The average molecular weight is 346 g/mol. The van der Waals surface area contributed by atoms with E-state index in [4.69, 9.17) is 9.72 Å². The van der Waals surface area contributed by atoms with Crippen LogP contribution in [0.25, 0.3) is 0 Å². The number of anilines is 1. The first-order chi connectivity index (χ1) is 11.8. The van der Waals surface area contributed by atoms with E-state index in [1.165, 1.54) is 12.8 Å². The van der Waals surface area contributed by atoms with Crippen LogP contribution >= 0.6 is 11.5 Å². The Morgan fingerprint density at radius 3 is 2.71 bits per heavy atom. The van der Waals surface area contributed by atoms with Gasteiger partial charge in [0.05, 0.1) is 5.69 Å². The number of rotatable bonds is 6. The number of ether oxygens (including phenoxy) is 1. The molecule has 0 bridgehead atoms. The molecule has 0 amide bonds. The Kier molecular flexibility index (Phi) is 4.57. The molecule has 4 rings (SSSR count). The summed E-state index contributed by atoms with van der Waals surface area (Å²) in [7, 11) is 0. The van der Waals surface area contributed by atoms with Crippen molar-refractivity contribution in [1.82, 2.24) is 24.5 Å². The van der Waals surface area contributed by atoms with E-state index >= 15 is 0 Å². The summed E-state index contributed by atoms with van der Waals surface area (Å²) in [4.78, 5) is 9.48. The van der Waals surface area contributed by atoms with Gasteiger partial charge in [0.15, 0.2) is 0 Å². The van der Waals surface area contributed by atoms with Crippen molar-refractivity contribution >= 4 is 16.7 Å². The summed E-state index contributed by atoms with van der Waals surface area (Å²) in [6, 6.07) is 3.78. The highest BCUT2D eigenvalue weighted by Crippen LogP contribution is 2.39. The summed E-state index contributed by atoms with van der Waals surface area (Å²) in [5.74, 6) is 2.30. The summed E-state index contributed by atoms with van der Waals surface area (Å²) in [6.45, 7) is 7.53. The fourth-order valence-electron chi connectivity index (χ4n) is 2.77. The first-order valence-corrected chi connectivity index (χ1v) is 9.29. The summed E-state index contributed by atoms with van der Waals surface area (Å²) >= 11 is 1.55. The predicted molar refractivity (Wildman–Crippen MR) is 92.8 cm³/mol. The van der Waals surface area contributed by atoms with Gasteiger partial charge >= 0.3 is 0 Å². The van der Waals surface area contributed by atoms with Gasteiger partial charge in [-0.1, -0.05) is 0 Å². The highest BCUT2D eigenvalue weighted by Gasteiger charge is 2.29. The third kappa shape index (κ3) is 3.81. The Hall–Kier alpha value is -1.80. The van der Waals surface area contributed by atoms with Crippen LogP contribution in [0.1, 0.15) is 30.3 Å². The lowest BCUT2D eigenvalue weighted by Gasteiger charge is -2.34. The largest absolute Gasteiger partial charge is 0.475 e. The molecular weight excluding hydrogens is 324 g/mol. The Morgan fingerprint density at radius 1 is 1.17 bits per heavy atom. The Labute approximate surface area is 145 Å². The molecule has 8 heteroatoms. The van der Waals surface area contributed by atoms with Crippen molar-refractivity contribution in [2.45, 2.75) is 25.7 Å². The first-order valence-electron chi connectivity index (χ1n) is 8.52. The maximum atomic E-state index is 5.66. The lowest BCUT2D eigenvalue weighted by Crippen LogP contribution is -2.47. The molecule has 0 atom stereocenters. The van der Waals surface area contributed by atoms with Crippen LogP contribution < -0.4 is 9.64 Å². The van der Waals surface area contributed by atoms with Gasteiger partial charge in [0.25, 0.3) is 0 Å². The van der Waals surface area contributed by atoms with Crippen molar-refractivity contribution in [3.63, 3.8) is 0 Å². The van der Waals surface area contributed by atoms with Gasteiger partial charge < -0.3 is 9.64 Å². The van der Waals surface area contributed by atoms with Crippen molar-refractivity contribution in [1.29, 1.82) is 0 Å². The quantitative estimate of drug-likeness (QED) is 0.789. The molecule has 1 aliphatic carbocycles. The zero-order valence-electron chi connectivity index (χ0n) is 13.9. The molecule has 2 aromatic heterocycles. The minimum absolute atomic E-state index is 0.598. The minimum atomic E-state index is 0.598. The summed E-state index contributed by atoms with van der Waals surface area (Å²) in [5.41, 5.74) is 0.903. The molecular formula is C16H22N6OS. The minimum Gasteiger partial charge on any atom is -0.475 e. The van der Waals surface area contributed by atoms with Crippen LogP contribution in [0, 0.1) is 6.92 Å². The van der Waals surface area contributed by atoms with E-state index < -0.39 is 0 Å². The van der Waals surface area contributed by atoms with Gasteiger partial charge in [-0.15, -0.1) is 5.10 Å². The molecule has 3 heterocycles. The van der Waals surface area contributed by atoms with E-state index in [-0.39, 0.29) is 0 Å². The molecule has 2 fully saturated rings. The van der Waals surface area contributed by atoms with Crippen LogP contribution in [-0.4, -0.2) is 63.8 Å². The highest BCUT2D eigenvalue weighted by molar-refractivity contribution is 7.09. The maximum Gasteiger partial charge on any atom is 0.233 e. The molecule has 1 saturated carbocycles. The number of hydrogen-bond donors (Lipinski definition) is 0. The second-order valence-corrected chi connectivity index (χ2v) is 7.13. The fraction of sp³-hybridized carbons (Fsp3) is 0.625. The van der Waals surface area contributed by atoms with E-state index in [1.54, 1.807) is 11.5 Å². The van der Waals surface area contributed by atoms with E-state index in [1.807, 2.05) is 19.1 Å². The second kappa shape index (κ2) is 6.98. The predicted octanol–water partition coefficient (Wildman–Crippen LogP) is 1.71. The first kappa shape index (κ1) is 15.7. The van der Waals surface area contributed by atoms with Crippen molar-refractivity contribution < 1.29 is 4.74 Å². The van der Waals surface area contributed by atoms with Crippen LogP contribution in [0.2, 0.25) is 0 Å². The van der Waals surface area contributed by atoms with Gasteiger partial charge in [0, 0.05) is 56.2 Å². The smallest absolute Gasteiger partial charge is 0.233 e. The molecule has 0 aromatic carbocycles. The summed E-state index contributed by atoms with van der Waals surface area (Å²) < 4.78 is 10.2. The number of aromatic nitrogens is 4. The van der Waals surface area contributed by atoms with Crippen molar-refractivity contribution in [3.8, 4) is 5.88 Å². The van der Waals surface area contributed by atoms with Crippen LogP contribution in [0.3, 0.4) is 0 Å². The second-order valence-electron chi connectivity index (χ2n) is 6.40. The highest BCUT2D eigenvalue weighted by atomic mass is 32.1. The van der Waals surface area contributed by atoms with Crippen molar-refractivity contribution in [2.75, 3.05) is 44.2 Å². The van der Waals surface area contributed by atoms with E-state index in [2.05, 4.69) is 24.4 Å². The molecule has 24 heavy (non-hydrogen) atoms. The van der Waals surface area contributed by atoms with E-state index in [0.29, 0.717) is 18.4 Å². The SMILES string of the molecule is Cc1ccc(OCCN2CCN(c3nc(C4CC4)ns3)CC2)nn1. The topological polar surface area (TPSA) is 67.3 Å². The van der Waals surface area contributed by atoms with E-state index in [0.717, 1.165) is 49.4 Å². The van der Waals surface area contributed by atoms with Crippen LogP contribution in [0.15, 0.2) is 12.1 Å². The lowest BCUT2D eigenvalue weighted by atomic mass is 10.3. The third-order valence-corrected chi connectivity index (χ3v) is 5.24. The Bertz CT molecular complexity index is 663. The molecule has 0 N–H and O–H groups in total. The molecule has 1 aliphatic heterocycles. The van der Waals surface area contributed by atoms with Gasteiger partial charge in [-0.05, 0) is 25.8 Å². The molecule has 0 radical (unpaired) electrons. The Balaban J connectivity index is 1.20. The van der Waals surface area contributed by atoms with Crippen molar-refractivity contribution in [2.24, 2.45) is 0 Å². The Morgan fingerprint density at radius 2 is 2.00 bits per heavy atom. The summed E-state index contributed by atoms with van der Waals surface area (Å²) in [6.07, 6.45) is 2.52. The fourth-order valence-corrected chi connectivity index (χ4v) is 3.57. The van der Waals surface area contributed by atoms with Crippen molar-refractivity contribution in [3.05, 3.63) is 23.7 Å². The molecule has 128 valence electrons.